The fourth-order valence-corrected chi connectivity index (χ4v) is 2.23. The van der Waals surface area contributed by atoms with Crippen LogP contribution in [0.1, 0.15) is 25.2 Å². The van der Waals surface area contributed by atoms with E-state index in [9.17, 15) is 0 Å². The Morgan fingerprint density at radius 3 is 2.57 bits per heavy atom. The smallest absolute Gasteiger partial charge is 0.157 e. The highest BCUT2D eigenvalue weighted by atomic mass is 35.5. The van der Waals surface area contributed by atoms with Gasteiger partial charge in [-0.1, -0.05) is 55.8 Å². The van der Waals surface area contributed by atoms with Crippen LogP contribution in [0.3, 0.4) is 0 Å². The van der Waals surface area contributed by atoms with Crippen LogP contribution in [0.5, 0.6) is 0 Å². The minimum atomic E-state index is 0.322. The Morgan fingerprint density at radius 2 is 1.90 bits per heavy atom. The van der Waals surface area contributed by atoms with Gasteiger partial charge in [-0.25, -0.2) is 9.97 Å². The number of aromatic nitrogens is 2. The first-order valence-electron chi connectivity index (χ1n) is 7.16. The maximum Gasteiger partial charge on any atom is 0.157 e. The molecule has 0 saturated carbocycles. The second-order valence-electron chi connectivity index (χ2n) is 5.45. The molecule has 1 aromatic heterocycles. The number of nitrogens with two attached hydrogens (primary N) is 1. The van der Waals surface area contributed by atoms with Crippen LogP contribution >= 0.6 is 11.6 Å². The molecule has 1 aromatic carbocycles. The molecule has 0 aliphatic rings. The fourth-order valence-electron chi connectivity index (χ4n) is 2.05. The van der Waals surface area contributed by atoms with E-state index in [1.54, 1.807) is 0 Å². The lowest BCUT2D eigenvalue weighted by Gasteiger charge is -2.12. The predicted molar refractivity (Wildman–Crippen MR) is 88.6 cm³/mol. The summed E-state index contributed by atoms with van der Waals surface area (Å²) in [6.07, 6.45) is 1.69. The highest BCUT2D eigenvalue weighted by Crippen LogP contribution is 2.24. The lowest BCUT2D eigenvalue weighted by Crippen LogP contribution is -2.12. The zero-order valence-electron chi connectivity index (χ0n) is 12.4. The van der Waals surface area contributed by atoms with E-state index in [0.717, 1.165) is 25.2 Å². The Hall–Kier alpha value is -1.81. The van der Waals surface area contributed by atoms with Crippen LogP contribution in [0, 0.1) is 5.92 Å². The molecule has 3 N–H and O–H groups in total. The molecule has 2 aromatic rings. The van der Waals surface area contributed by atoms with Gasteiger partial charge < -0.3 is 11.1 Å². The summed E-state index contributed by atoms with van der Waals surface area (Å²) < 4.78 is 0. The molecule has 0 aliphatic heterocycles. The highest BCUT2D eigenvalue weighted by Gasteiger charge is 2.11. The van der Waals surface area contributed by atoms with E-state index in [2.05, 4.69) is 41.3 Å². The molecule has 0 saturated heterocycles. The number of benzene rings is 1. The average molecular weight is 305 g/mol. The Balaban J connectivity index is 2.03. The van der Waals surface area contributed by atoms with Crippen LogP contribution < -0.4 is 11.1 Å². The van der Waals surface area contributed by atoms with Crippen molar-refractivity contribution in [1.82, 2.24) is 9.97 Å². The van der Waals surface area contributed by atoms with Crippen molar-refractivity contribution in [2.75, 3.05) is 17.6 Å². The van der Waals surface area contributed by atoms with E-state index in [4.69, 9.17) is 17.3 Å². The van der Waals surface area contributed by atoms with Crippen molar-refractivity contribution in [3.8, 4) is 0 Å². The predicted octanol–water partition coefficient (Wildman–Crippen LogP) is 3.57. The van der Waals surface area contributed by atoms with Crippen molar-refractivity contribution >= 4 is 23.1 Å². The van der Waals surface area contributed by atoms with Crippen LogP contribution in [-0.4, -0.2) is 16.5 Å². The largest absolute Gasteiger partial charge is 0.393 e. The summed E-state index contributed by atoms with van der Waals surface area (Å²) >= 11 is 6.08. The first kappa shape index (κ1) is 15.6. The number of nitrogen functional groups attached to an aromatic ring is 1. The number of rotatable bonds is 6. The van der Waals surface area contributed by atoms with Crippen molar-refractivity contribution in [2.24, 2.45) is 5.92 Å². The molecule has 5 heteroatoms. The molecule has 2 rings (SSSR count). The summed E-state index contributed by atoms with van der Waals surface area (Å²) in [5.74, 6) is 1.83. The molecular formula is C16H21ClN4. The number of hydrogen-bond donors (Lipinski definition) is 2. The van der Waals surface area contributed by atoms with Gasteiger partial charge in [0.15, 0.2) is 11.0 Å². The molecule has 0 amide bonds. The Bertz CT molecular complexity index is 584. The summed E-state index contributed by atoms with van der Waals surface area (Å²) in [6.45, 7) is 4.99. The molecule has 1 heterocycles. The van der Waals surface area contributed by atoms with Crippen LogP contribution in [-0.2, 0) is 12.8 Å². The maximum atomic E-state index is 6.08. The molecule has 0 fully saturated rings. The minimum absolute atomic E-state index is 0.322. The maximum absolute atomic E-state index is 6.08. The van der Waals surface area contributed by atoms with Gasteiger partial charge in [0, 0.05) is 13.0 Å². The summed E-state index contributed by atoms with van der Waals surface area (Å²) in [7, 11) is 0. The molecule has 0 bridgehead atoms. The number of nitrogens with one attached hydrogen (secondary N) is 1. The van der Waals surface area contributed by atoms with Gasteiger partial charge in [0.05, 0.1) is 0 Å². The number of halogens is 1. The average Bonchev–Trinajstić information content (AvgIpc) is 2.44. The summed E-state index contributed by atoms with van der Waals surface area (Å²) in [5.41, 5.74) is 7.63. The van der Waals surface area contributed by atoms with Gasteiger partial charge in [0.2, 0.25) is 0 Å². The zero-order valence-corrected chi connectivity index (χ0v) is 13.2. The highest BCUT2D eigenvalue weighted by molar-refractivity contribution is 6.32. The van der Waals surface area contributed by atoms with Gasteiger partial charge in [0.1, 0.15) is 11.5 Å². The van der Waals surface area contributed by atoms with Gasteiger partial charge in [0.25, 0.3) is 0 Å². The third-order valence-electron chi connectivity index (χ3n) is 3.09. The van der Waals surface area contributed by atoms with Gasteiger partial charge in [-0.05, 0) is 17.9 Å². The van der Waals surface area contributed by atoms with Gasteiger partial charge in [-0.3, -0.25) is 0 Å². The lowest BCUT2D eigenvalue weighted by molar-refractivity contribution is 0.621. The Kier molecular flexibility index (Phi) is 5.39. The van der Waals surface area contributed by atoms with E-state index in [1.165, 1.54) is 5.56 Å². The van der Waals surface area contributed by atoms with Crippen LogP contribution in [0.15, 0.2) is 30.3 Å². The number of hydrogen-bond acceptors (Lipinski definition) is 4. The Morgan fingerprint density at radius 1 is 1.19 bits per heavy atom. The summed E-state index contributed by atoms with van der Waals surface area (Å²) in [6, 6.07) is 10.3. The van der Waals surface area contributed by atoms with Crippen molar-refractivity contribution in [1.29, 1.82) is 0 Å². The van der Waals surface area contributed by atoms with E-state index in [1.807, 2.05) is 18.2 Å². The molecule has 0 radical (unpaired) electrons. The zero-order chi connectivity index (χ0) is 15.2. The van der Waals surface area contributed by atoms with E-state index in [-0.39, 0.29) is 0 Å². The van der Waals surface area contributed by atoms with Crippen LogP contribution in [0.4, 0.5) is 11.5 Å². The van der Waals surface area contributed by atoms with Crippen molar-refractivity contribution in [3.05, 3.63) is 46.9 Å². The molecule has 0 spiro atoms. The van der Waals surface area contributed by atoms with Crippen LogP contribution in [0.25, 0.3) is 0 Å². The quantitative estimate of drug-likeness (QED) is 0.801. The molecular weight excluding hydrogens is 284 g/mol. The Labute approximate surface area is 130 Å². The third-order valence-corrected chi connectivity index (χ3v) is 3.37. The van der Waals surface area contributed by atoms with Crippen LogP contribution in [0.2, 0.25) is 5.15 Å². The van der Waals surface area contributed by atoms with E-state index >= 15 is 0 Å². The molecule has 0 atom stereocenters. The normalized spacial score (nSPS) is 10.9. The van der Waals surface area contributed by atoms with Gasteiger partial charge in [-0.2, -0.15) is 0 Å². The third kappa shape index (κ3) is 4.60. The monoisotopic (exact) mass is 304 g/mol. The number of nitrogens with zero attached hydrogens (tertiary/aromatic N) is 2. The second-order valence-corrected chi connectivity index (χ2v) is 5.81. The van der Waals surface area contributed by atoms with E-state index in [0.29, 0.717) is 22.6 Å². The summed E-state index contributed by atoms with van der Waals surface area (Å²) in [5, 5.41) is 3.58. The molecule has 4 nitrogen and oxygen atoms in total. The standard InChI is InChI=1S/C16H21ClN4/c1-11(2)10-13-20-15(17)14(18)16(21-13)19-9-8-12-6-4-3-5-7-12/h3-7,11H,8-10,18H2,1-2H3,(H,19,20,21). The SMILES string of the molecule is CC(C)Cc1nc(Cl)c(N)c(NCCc2ccccc2)n1. The first-order valence-corrected chi connectivity index (χ1v) is 7.53. The van der Waals surface area contributed by atoms with Crippen molar-refractivity contribution in [2.45, 2.75) is 26.7 Å². The molecule has 0 aliphatic carbocycles. The van der Waals surface area contributed by atoms with Gasteiger partial charge in [-0.15, -0.1) is 0 Å². The molecule has 0 unspecified atom stereocenters. The lowest BCUT2D eigenvalue weighted by atomic mass is 10.1. The topological polar surface area (TPSA) is 63.8 Å². The molecule has 112 valence electrons. The minimum Gasteiger partial charge on any atom is -0.393 e. The van der Waals surface area contributed by atoms with E-state index < -0.39 is 0 Å². The second kappa shape index (κ2) is 7.27. The first-order chi connectivity index (χ1) is 10.1. The summed E-state index contributed by atoms with van der Waals surface area (Å²) in [4.78, 5) is 8.70. The molecule has 21 heavy (non-hydrogen) atoms. The van der Waals surface area contributed by atoms with Gasteiger partial charge >= 0.3 is 0 Å². The van der Waals surface area contributed by atoms with Crippen molar-refractivity contribution < 1.29 is 0 Å². The number of anilines is 2. The van der Waals surface area contributed by atoms with Crippen molar-refractivity contribution in [3.63, 3.8) is 0 Å². The fraction of sp³-hybridized carbons (Fsp3) is 0.375.